The average molecular weight is 267 g/mol. The van der Waals surface area contributed by atoms with E-state index in [1.165, 1.54) is 12.3 Å². The minimum absolute atomic E-state index is 0.174. The number of nitrogens with zero attached hydrogens (tertiary/aromatic N) is 2. The Bertz CT molecular complexity index is 667. The monoisotopic (exact) mass is 267 g/mol. The second kappa shape index (κ2) is 3.94. The summed E-state index contributed by atoms with van der Waals surface area (Å²) in [7, 11) is -3.42. The molecule has 1 aliphatic rings. The van der Waals surface area contributed by atoms with Gasteiger partial charge in [0.05, 0.1) is 6.26 Å². The first-order valence-electron chi connectivity index (χ1n) is 5.74. The van der Waals surface area contributed by atoms with Crippen LogP contribution in [0.25, 0.3) is 0 Å². The summed E-state index contributed by atoms with van der Waals surface area (Å²) < 4.78 is 29.3. The van der Waals surface area contributed by atoms with Crippen LogP contribution in [-0.4, -0.2) is 23.6 Å². The highest BCUT2D eigenvalue weighted by Crippen LogP contribution is 2.37. The molecule has 0 bridgehead atoms. The normalized spacial score (nSPS) is 16.1. The Morgan fingerprint density at radius 2 is 2.28 bits per heavy atom. The van der Waals surface area contributed by atoms with Crippen molar-refractivity contribution in [2.24, 2.45) is 0 Å². The standard InChI is InChI=1S/C11H13N3O3S/c1-7-9(4-5-17-7)18(15,16)6-10-12-11(14-13-10)8-2-3-8/h4-5,8H,2-3,6H2,1H3,(H,12,13,14). The number of sulfone groups is 1. The van der Waals surface area contributed by atoms with Gasteiger partial charge in [-0.3, -0.25) is 5.10 Å². The largest absolute Gasteiger partial charge is 0.468 e. The highest BCUT2D eigenvalue weighted by molar-refractivity contribution is 7.90. The Balaban J connectivity index is 1.84. The van der Waals surface area contributed by atoms with E-state index in [0.29, 0.717) is 17.5 Å². The van der Waals surface area contributed by atoms with Crippen molar-refractivity contribution in [3.05, 3.63) is 29.7 Å². The Hall–Kier alpha value is -1.63. The van der Waals surface area contributed by atoms with E-state index < -0.39 is 9.84 Å². The third-order valence-corrected chi connectivity index (χ3v) is 4.71. The highest BCUT2D eigenvalue weighted by Gasteiger charge is 2.29. The molecule has 0 radical (unpaired) electrons. The summed E-state index contributed by atoms with van der Waals surface area (Å²) in [6, 6.07) is 1.46. The van der Waals surface area contributed by atoms with Crippen molar-refractivity contribution in [3.63, 3.8) is 0 Å². The molecule has 0 aromatic carbocycles. The zero-order chi connectivity index (χ0) is 12.8. The lowest BCUT2D eigenvalue weighted by molar-refractivity contribution is 0.522. The molecule has 7 heteroatoms. The first-order valence-corrected chi connectivity index (χ1v) is 7.39. The Morgan fingerprint density at radius 3 is 2.89 bits per heavy atom. The molecule has 6 nitrogen and oxygen atoms in total. The molecule has 0 aliphatic heterocycles. The maximum atomic E-state index is 12.1. The van der Waals surface area contributed by atoms with Crippen LogP contribution in [0, 0.1) is 6.92 Å². The van der Waals surface area contributed by atoms with Crippen LogP contribution in [-0.2, 0) is 15.6 Å². The van der Waals surface area contributed by atoms with Crippen LogP contribution in [0.15, 0.2) is 21.6 Å². The molecule has 2 aromatic rings. The average Bonchev–Trinajstić information content (AvgIpc) is 2.90. The zero-order valence-electron chi connectivity index (χ0n) is 9.88. The van der Waals surface area contributed by atoms with Crippen molar-refractivity contribution >= 4 is 9.84 Å². The quantitative estimate of drug-likeness (QED) is 0.908. The van der Waals surface area contributed by atoms with Gasteiger partial charge in [-0.25, -0.2) is 13.4 Å². The summed E-state index contributed by atoms with van der Waals surface area (Å²) in [4.78, 5) is 4.44. The van der Waals surface area contributed by atoms with Gasteiger partial charge in [-0.05, 0) is 25.8 Å². The molecule has 2 heterocycles. The number of aromatic amines is 1. The smallest absolute Gasteiger partial charge is 0.189 e. The number of H-pyrrole nitrogens is 1. The molecule has 18 heavy (non-hydrogen) atoms. The molecule has 1 fully saturated rings. The molecule has 96 valence electrons. The zero-order valence-corrected chi connectivity index (χ0v) is 10.7. The fourth-order valence-electron chi connectivity index (χ4n) is 1.85. The molecular formula is C11H13N3O3S. The van der Waals surface area contributed by atoms with Gasteiger partial charge in [0.25, 0.3) is 0 Å². The lowest BCUT2D eigenvalue weighted by atomic mass is 10.4. The number of aryl methyl sites for hydroxylation is 1. The number of nitrogens with one attached hydrogen (secondary N) is 1. The van der Waals surface area contributed by atoms with Crippen LogP contribution in [0.5, 0.6) is 0 Å². The van der Waals surface area contributed by atoms with E-state index in [4.69, 9.17) is 4.42 Å². The van der Waals surface area contributed by atoms with Crippen LogP contribution in [0.3, 0.4) is 0 Å². The van der Waals surface area contributed by atoms with E-state index in [1.54, 1.807) is 6.92 Å². The van der Waals surface area contributed by atoms with Crippen LogP contribution in [0.4, 0.5) is 0 Å². The first-order chi connectivity index (χ1) is 8.56. The third-order valence-electron chi connectivity index (χ3n) is 2.96. The van der Waals surface area contributed by atoms with Crippen LogP contribution in [0.1, 0.15) is 36.2 Å². The van der Waals surface area contributed by atoms with Crippen molar-refractivity contribution in [2.75, 3.05) is 0 Å². The molecule has 0 atom stereocenters. The summed E-state index contributed by atoms with van der Waals surface area (Å²) in [5, 5.41) is 6.74. The molecule has 2 aromatic heterocycles. The SMILES string of the molecule is Cc1occc1S(=O)(=O)Cc1nc(C2CC2)n[nH]1. The van der Waals surface area contributed by atoms with Gasteiger partial charge in [0.1, 0.15) is 22.2 Å². The van der Waals surface area contributed by atoms with Gasteiger partial charge in [0.15, 0.2) is 15.7 Å². The second-order valence-corrected chi connectivity index (χ2v) is 6.47. The maximum Gasteiger partial charge on any atom is 0.189 e. The number of furan rings is 1. The van der Waals surface area contributed by atoms with Crippen molar-refractivity contribution in [2.45, 2.75) is 36.3 Å². The van der Waals surface area contributed by atoms with Crippen molar-refractivity contribution in [1.82, 2.24) is 15.2 Å². The third kappa shape index (κ3) is 2.05. The van der Waals surface area contributed by atoms with Crippen molar-refractivity contribution < 1.29 is 12.8 Å². The Kier molecular flexibility index (Phi) is 2.51. The Labute approximate surface area is 104 Å². The molecule has 0 amide bonds. The minimum atomic E-state index is -3.42. The number of hydrogen-bond acceptors (Lipinski definition) is 5. The van der Waals surface area contributed by atoms with Crippen molar-refractivity contribution in [1.29, 1.82) is 0 Å². The van der Waals surface area contributed by atoms with E-state index in [0.717, 1.165) is 18.7 Å². The van der Waals surface area contributed by atoms with Gasteiger partial charge in [-0.15, -0.1) is 0 Å². The maximum absolute atomic E-state index is 12.1. The van der Waals surface area contributed by atoms with Crippen molar-refractivity contribution in [3.8, 4) is 0 Å². The summed E-state index contributed by atoms with van der Waals surface area (Å²) in [5.41, 5.74) is 0. The molecule has 0 saturated heterocycles. The fourth-order valence-corrected chi connectivity index (χ4v) is 3.25. The highest BCUT2D eigenvalue weighted by atomic mass is 32.2. The first kappa shape index (κ1) is 11.5. The number of aromatic nitrogens is 3. The predicted molar refractivity (Wildman–Crippen MR) is 62.7 cm³/mol. The van der Waals surface area contributed by atoms with E-state index in [2.05, 4.69) is 15.2 Å². The minimum Gasteiger partial charge on any atom is -0.468 e. The predicted octanol–water partition coefficient (Wildman–Crippen LogP) is 1.56. The van der Waals surface area contributed by atoms with E-state index >= 15 is 0 Å². The van der Waals surface area contributed by atoms with Gasteiger partial charge in [-0.2, -0.15) is 5.10 Å². The van der Waals surface area contributed by atoms with Gasteiger partial charge in [-0.1, -0.05) is 0 Å². The van der Waals surface area contributed by atoms with Gasteiger partial charge < -0.3 is 4.42 Å². The molecule has 3 rings (SSSR count). The second-order valence-electron chi connectivity index (χ2n) is 4.51. The lowest BCUT2D eigenvalue weighted by Crippen LogP contribution is -2.06. The van der Waals surface area contributed by atoms with Gasteiger partial charge in [0, 0.05) is 5.92 Å². The van der Waals surface area contributed by atoms with Gasteiger partial charge in [0.2, 0.25) is 0 Å². The molecule has 0 unspecified atom stereocenters. The van der Waals surface area contributed by atoms with E-state index in [-0.39, 0.29) is 10.6 Å². The summed E-state index contributed by atoms with van der Waals surface area (Å²) in [6.07, 6.45) is 3.55. The molecular weight excluding hydrogens is 254 g/mol. The molecule has 1 saturated carbocycles. The summed E-state index contributed by atoms with van der Waals surface area (Å²) >= 11 is 0. The topological polar surface area (TPSA) is 88.8 Å². The number of hydrogen-bond donors (Lipinski definition) is 1. The lowest BCUT2D eigenvalue weighted by Gasteiger charge is -1.99. The molecule has 0 spiro atoms. The molecule has 1 aliphatic carbocycles. The Morgan fingerprint density at radius 1 is 1.50 bits per heavy atom. The summed E-state index contributed by atoms with van der Waals surface area (Å²) in [5.74, 6) is 1.75. The fraction of sp³-hybridized carbons (Fsp3) is 0.455. The van der Waals surface area contributed by atoms with Crippen LogP contribution < -0.4 is 0 Å². The van der Waals surface area contributed by atoms with E-state index in [1.807, 2.05) is 0 Å². The van der Waals surface area contributed by atoms with Crippen LogP contribution in [0.2, 0.25) is 0 Å². The van der Waals surface area contributed by atoms with Crippen LogP contribution >= 0.6 is 0 Å². The molecule has 1 N–H and O–H groups in total. The number of rotatable bonds is 4. The summed E-state index contributed by atoms with van der Waals surface area (Å²) in [6.45, 7) is 1.63. The van der Waals surface area contributed by atoms with Gasteiger partial charge >= 0.3 is 0 Å². The van der Waals surface area contributed by atoms with E-state index in [9.17, 15) is 8.42 Å².